The minimum absolute atomic E-state index is 0.375. The molecule has 1 saturated heterocycles. The van der Waals surface area contributed by atoms with E-state index in [9.17, 15) is 4.39 Å². The maximum atomic E-state index is 12.8. The Balaban J connectivity index is 2.10. The molecule has 0 spiro atoms. The van der Waals surface area contributed by atoms with Crippen LogP contribution in [0.3, 0.4) is 0 Å². The lowest BCUT2D eigenvalue weighted by atomic mass is 10.1. The van der Waals surface area contributed by atoms with Gasteiger partial charge in [0.2, 0.25) is 0 Å². The molecule has 0 amide bonds. The molecule has 0 N–H and O–H groups in total. The number of piperidine rings is 1. The summed E-state index contributed by atoms with van der Waals surface area (Å²) in [7, 11) is 2.09. The average Bonchev–Trinajstić information content (AvgIpc) is 2.24. The summed E-state index contributed by atoms with van der Waals surface area (Å²) in [4.78, 5) is 2.28. The molecule has 1 aliphatic heterocycles. The van der Waals surface area contributed by atoms with Crippen molar-refractivity contribution < 1.29 is 4.39 Å². The fourth-order valence-corrected chi connectivity index (χ4v) is 2.11. The molecule has 2 heteroatoms. The van der Waals surface area contributed by atoms with Crippen molar-refractivity contribution in [2.75, 3.05) is 13.6 Å². The summed E-state index contributed by atoms with van der Waals surface area (Å²) in [5, 5.41) is 0. The van der Waals surface area contributed by atoms with Gasteiger partial charge in [0.05, 0.1) is 0 Å². The van der Waals surface area contributed by atoms with Crippen LogP contribution in [0.5, 0.6) is 0 Å². The molecule has 9 heavy (non-hydrogen) atoms. The molecule has 2 rings (SSSR count). The van der Waals surface area contributed by atoms with Gasteiger partial charge < -0.3 is 4.90 Å². The molecule has 0 aromatic rings. The number of hydrogen-bond acceptors (Lipinski definition) is 1. The van der Waals surface area contributed by atoms with Crippen LogP contribution in [-0.2, 0) is 0 Å². The van der Waals surface area contributed by atoms with Gasteiger partial charge in [-0.1, -0.05) is 0 Å². The highest BCUT2D eigenvalue weighted by molar-refractivity contribution is 4.96. The second kappa shape index (κ2) is 1.69. The van der Waals surface area contributed by atoms with E-state index in [4.69, 9.17) is 0 Å². The van der Waals surface area contributed by atoms with Gasteiger partial charge >= 0.3 is 0 Å². The predicted molar refractivity (Wildman–Crippen MR) is 34.0 cm³/mol. The lowest BCUT2D eigenvalue weighted by Gasteiger charge is -2.23. The zero-order chi connectivity index (χ0) is 6.43. The summed E-state index contributed by atoms with van der Waals surface area (Å²) in [6.45, 7) is 0.992. The minimum Gasteiger partial charge on any atom is -0.303 e. The van der Waals surface area contributed by atoms with Gasteiger partial charge in [-0.05, 0) is 19.9 Å². The summed E-state index contributed by atoms with van der Waals surface area (Å²) in [5.41, 5.74) is 0. The second-order valence-corrected chi connectivity index (χ2v) is 3.34. The van der Waals surface area contributed by atoms with Gasteiger partial charge in [0, 0.05) is 18.5 Å². The van der Waals surface area contributed by atoms with E-state index >= 15 is 0 Å². The third-order valence-corrected chi connectivity index (χ3v) is 2.73. The van der Waals surface area contributed by atoms with Crippen LogP contribution in [0.4, 0.5) is 4.39 Å². The summed E-state index contributed by atoms with van der Waals surface area (Å²) >= 11 is 0. The number of alkyl halides is 1. The Morgan fingerprint density at radius 2 is 2.22 bits per heavy atom. The fraction of sp³-hybridized carbons (Fsp3) is 1.00. The smallest absolute Gasteiger partial charge is 0.106 e. The number of likely N-dealkylation sites (tertiary alicyclic amines) is 1. The van der Waals surface area contributed by atoms with E-state index in [0.29, 0.717) is 12.0 Å². The standard InChI is InChI=1S/C7H12FN/c1-9-4-5-2-6(9)3-7(5)8/h5-7H,2-4H2,1H3/t5?,6?,7-/m1/s1. The van der Waals surface area contributed by atoms with Crippen molar-refractivity contribution in [2.24, 2.45) is 5.92 Å². The lowest BCUT2D eigenvalue weighted by Crippen LogP contribution is -2.32. The second-order valence-electron chi connectivity index (χ2n) is 3.34. The van der Waals surface area contributed by atoms with Gasteiger partial charge in [0.25, 0.3) is 0 Å². The first-order chi connectivity index (χ1) is 4.27. The monoisotopic (exact) mass is 129 g/mol. The highest BCUT2D eigenvalue weighted by Gasteiger charge is 2.42. The molecular weight excluding hydrogens is 117 g/mol. The highest BCUT2D eigenvalue weighted by atomic mass is 19.1. The molecule has 2 fully saturated rings. The topological polar surface area (TPSA) is 3.24 Å². The molecule has 0 aromatic carbocycles. The Labute approximate surface area is 54.8 Å². The Hall–Kier alpha value is -0.110. The van der Waals surface area contributed by atoms with Gasteiger partial charge in [0.1, 0.15) is 6.17 Å². The van der Waals surface area contributed by atoms with Crippen molar-refractivity contribution in [1.29, 1.82) is 0 Å². The van der Waals surface area contributed by atoms with Crippen molar-refractivity contribution in [3.8, 4) is 0 Å². The summed E-state index contributed by atoms with van der Waals surface area (Å²) in [5.74, 6) is 0.375. The zero-order valence-corrected chi connectivity index (χ0v) is 5.68. The molecule has 52 valence electrons. The molecule has 1 heterocycles. The van der Waals surface area contributed by atoms with Crippen molar-refractivity contribution in [3.05, 3.63) is 0 Å². The van der Waals surface area contributed by atoms with Gasteiger partial charge in [-0.15, -0.1) is 0 Å². The lowest BCUT2D eigenvalue weighted by molar-refractivity contribution is 0.165. The third kappa shape index (κ3) is 0.692. The van der Waals surface area contributed by atoms with Crippen LogP contribution in [0.1, 0.15) is 12.8 Å². The largest absolute Gasteiger partial charge is 0.303 e. The number of halogens is 1. The number of nitrogens with zero attached hydrogens (tertiary/aromatic N) is 1. The molecule has 0 radical (unpaired) electrons. The van der Waals surface area contributed by atoms with Crippen molar-refractivity contribution in [2.45, 2.75) is 25.1 Å². The molecule has 2 unspecified atom stereocenters. The van der Waals surface area contributed by atoms with E-state index in [0.717, 1.165) is 19.4 Å². The Bertz CT molecular complexity index is 108. The SMILES string of the molecule is CN1CC2CC1C[C@H]2F. The maximum absolute atomic E-state index is 12.8. The zero-order valence-electron chi connectivity index (χ0n) is 5.68. The molecular formula is C7H12FN. The van der Waals surface area contributed by atoms with Gasteiger partial charge in [-0.25, -0.2) is 4.39 Å². The molecule has 2 aliphatic rings. The number of rotatable bonds is 0. The number of fused-ring (bicyclic) bond motifs is 2. The first-order valence-electron chi connectivity index (χ1n) is 3.61. The van der Waals surface area contributed by atoms with Crippen LogP contribution in [0, 0.1) is 5.92 Å². The predicted octanol–water partition coefficient (Wildman–Crippen LogP) is 1.05. The van der Waals surface area contributed by atoms with Gasteiger partial charge in [-0.3, -0.25) is 0 Å². The van der Waals surface area contributed by atoms with Gasteiger partial charge in [0.15, 0.2) is 0 Å². The van der Waals surface area contributed by atoms with E-state index in [-0.39, 0.29) is 0 Å². The molecule has 0 aromatic heterocycles. The summed E-state index contributed by atoms with van der Waals surface area (Å²) in [6.07, 6.45) is 1.42. The van der Waals surface area contributed by atoms with Crippen LogP contribution < -0.4 is 0 Å². The Morgan fingerprint density at radius 3 is 2.56 bits per heavy atom. The summed E-state index contributed by atoms with van der Waals surface area (Å²) in [6, 6.07) is 0.574. The number of hydrogen-bond donors (Lipinski definition) is 0. The third-order valence-electron chi connectivity index (χ3n) is 2.73. The highest BCUT2D eigenvalue weighted by Crippen LogP contribution is 2.38. The molecule has 2 bridgehead atoms. The van der Waals surface area contributed by atoms with Crippen LogP contribution >= 0.6 is 0 Å². The van der Waals surface area contributed by atoms with Crippen LogP contribution in [0.2, 0.25) is 0 Å². The van der Waals surface area contributed by atoms with E-state index in [1.807, 2.05) is 0 Å². The van der Waals surface area contributed by atoms with E-state index < -0.39 is 6.17 Å². The maximum Gasteiger partial charge on any atom is 0.106 e. The molecule has 3 atom stereocenters. The van der Waals surface area contributed by atoms with Crippen molar-refractivity contribution in [1.82, 2.24) is 4.90 Å². The fourth-order valence-electron chi connectivity index (χ4n) is 2.11. The van der Waals surface area contributed by atoms with Crippen LogP contribution in [-0.4, -0.2) is 30.7 Å². The minimum atomic E-state index is -0.480. The van der Waals surface area contributed by atoms with Crippen LogP contribution in [0.15, 0.2) is 0 Å². The Kier molecular flexibility index (Phi) is 1.06. The van der Waals surface area contributed by atoms with Gasteiger partial charge in [-0.2, -0.15) is 0 Å². The summed E-state index contributed by atoms with van der Waals surface area (Å²) < 4.78 is 12.8. The van der Waals surface area contributed by atoms with E-state index in [1.165, 1.54) is 0 Å². The van der Waals surface area contributed by atoms with Crippen molar-refractivity contribution in [3.63, 3.8) is 0 Å². The first kappa shape index (κ1) is 5.66. The first-order valence-corrected chi connectivity index (χ1v) is 3.61. The van der Waals surface area contributed by atoms with E-state index in [2.05, 4.69) is 11.9 Å². The molecule has 1 saturated carbocycles. The van der Waals surface area contributed by atoms with E-state index in [1.54, 1.807) is 0 Å². The molecule has 1 nitrogen and oxygen atoms in total. The average molecular weight is 129 g/mol. The normalized spacial score (nSPS) is 50.7. The quantitative estimate of drug-likeness (QED) is 0.472. The molecule has 1 aliphatic carbocycles. The Morgan fingerprint density at radius 1 is 1.44 bits per heavy atom. The van der Waals surface area contributed by atoms with Crippen LogP contribution in [0.25, 0.3) is 0 Å². The van der Waals surface area contributed by atoms with Crippen molar-refractivity contribution >= 4 is 0 Å².